The molecule has 2 nitrogen and oxygen atoms in total. The Labute approximate surface area is 125 Å². The van der Waals surface area contributed by atoms with Crippen LogP contribution in [0.25, 0.3) is 0 Å². The lowest BCUT2D eigenvalue weighted by Crippen LogP contribution is -2.39. The highest BCUT2D eigenvalue weighted by Crippen LogP contribution is 2.40. The zero-order valence-electron chi connectivity index (χ0n) is 14.0. The molecular weight excluding hydrogens is 246 g/mol. The third-order valence-corrected chi connectivity index (χ3v) is 5.63. The molecule has 0 aromatic carbocycles. The molecule has 2 aliphatic rings. The zero-order valence-corrected chi connectivity index (χ0v) is 14.0. The largest absolute Gasteiger partial charge is 0.342 e. The van der Waals surface area contributed by atoms with Crippen molar-refractivity contribution in [2.24, 2.45) is 23.2 Å². The van der Waals surface area contributed by atoms with E-state index in [2.05, 4.69) is 32.6 Å². The first kappa shape index (κ1) is 15.9. The molecular formula is C18H33NO. The molecule has 2 heteroatoms. The van der Waals surface area contributed by atoms with Gasteiger partial charge in [0.1, 0.15) is 0 Å². The van der Waals surface area contributed by atoms with Crippen molar-refractivity contribution in [2.45, 2.75) is 72.6 Å². The highest BCUT2D eigenvalue weighted by molar-refractivity contribution is 5.79. The number of rotatable bonds is 1. The summed E-state index contributed by atoms with van der Waals surface area (Å²) >= 11 is 0. The first-order chi connectivity index (χ1) is 9.38. The number of nitrogens with zero attached hydrogens (tertiary/aromatic N) is 1. The van der Waals surface area contributed by atoms with Gasteiger partial charge in [-0.25, -0.2) is 0 Å². The van der Waals surface area contributed by atoms with Gasteiger partial charge in [-0.1, -0.05) is 27.7 Å². The van der Waals surface area contributed by atoms with Crippen molar-refractivity contribution in [1.82, 2.24) is 4.90 Å². The molecule has 0 radical (unpaired) electrons. The summed E-state index contributed by atoms with van der Waals surface area (Å²) in [5.41, 5.74) is 0.409. The maximum Gasteiger partial charge on any atom is 0.225 e. The fourth-order valence-electron chi connectivity index (χ4n) is 3.95. The van der Waals surface area contributed by atoms with Crippen LogP contribution in [0, 0.1) is 23.2 Å². The number of carbonyl (C=O) groups excluding carboxylic acids is 1. The Morgan fingerprint density at radius 2 is 1.60 bits per heavy atom. The number of likely N-dealkylation sites (tertiary alicyclic amines) is 1. The lowest BCUT2D eigenvalue weighted by Gasteiger charge is -2.37. The zero-order chi connectivity index (χ0) is 14.8. The van der Waals surface area contributed by atoms with Crippen LogP contribution >= 0.6 is 0 Å². The number of hydrogen-bond acceptors (Lipinski definition) is 1. The van der Waals surface area contributed by atoms with Gasteiger partial charge in [0.15, 0.2) is 0 Å². The molecule has 1 unspecified atom stereocenters. The van der Waals surface area contributed by atoms with Crippen molar-refractivity contribution in [3.05, 3.63) is 0 Å². The van der Waals surface area contributed by atoms with Gasteiger partial charge in [0.05, 0.1) is 0 Å². The van der Waals surface area contributed by atoms with Crippen molar-refractivity contribution in [2.75, 3.05) is 13.1 Å². The first-order valence-corrected chi connectivity index (χ1v) is 8.66. The summed E-state index contributed by atoms with van der Waals surface area (Å²) in [7, 11) is 0. The van der Waals surface area contributed by atoms with E-state index < -0.39 is 0 Å². The second-order valence-corrected chi connectivity index (χ2v) is 8.28. The van der Waals surface area contributed by atoms with Gasteiger partial charge in [0.25, 0.3) is 0 Å². The summed E-state index contributed by atoms with van der Waals surface area (Å²) in [4.78, 5) is 14.9. The van der Waals surface area contributed by atoms with Gasteiger partial charge in [0, 0.05) is 19.0 Å². The van der Waals surface area contributed by atoms with Crippen LogP contribution in [0.4, 0.5) is 0 Å². The maximum absolute atomic E-state index is 12.7. The monoisotopic (exact) mass is 279 g/mol. The Morgan fingerprint density at radius 3 is 2.20 bits per heavy atom. The fourth-order valence-corrected chi connectivity index (χ4v) is 3.95. The van der Waals surface area contributed by atoms with E-state index in [4.69, 9.17) is 0 Å². The quantitative estimate of drug-likeness (QED) is 0.692. The van der Waals surface area contributed by atoms with Gasteiger partial charge >= 0.3 is 0 Å². The van der Waals surface area contributed by atoms with E-state index in [1.807, 2.05) is 0 Å². The average Bonchev–Trinajstić information content (AvgIpc) is 2.62. The molecule has 0 aromatic rings. The van der Waals surface area contributed by atoms with Crippen molar-refractivity contribution in [1.29, 1.82) is 0 Å². The van der Waals surface area contributed by atoms with E-state index in [0.29, 0.717) is 17.2 Å². The molecule has 2 rings (SSSR count). The van der Waals surface area contributed by atoms with Crippen LogP contribution in [0.15, 0.2) is 0 Å². The predicted molar refractivity (Wildman–Crippen MR) is 84.5 cm³/mol. The second kappa shape index (κ2) is 6.49. The van der Waals surface area contributed by atoms with E-state index >= 15 is 0 Å². The molecule has 1 saturated heterocycles. The molecule has 1 amide bonds. The minimum atomic E-state index is 0.321. The molecule has 1 aliphatic heterocycles. The van der Waals surface area contributed by atoms with Crippen molar-refractivity contribution >= 4 is 5.91 Å². The highest BCUT2D eigenvalue weighted by atomic mass is 16.2. The summed E-state index contributed by atoms with van der Waals surface area (Å²) in [6.45, 7) is 11.4. The van der Waals surface area contributed by atoms with Gasteiger partial charge in [-0.3, -0.25) is 4.79 Å². The van der Waals surface area contributed by atoms with Crippen molar-refractivity contribution < 1.29 is 4.79 Å². The first-order valence-electron chi connectivity index (χ1n) is 8.66. The minimum absolute atomic E-state index is 0.321. The minimum Gasteiger partial charge on any atom is -0.342 e. The van der Waals surface area contributed by atoms with Crippen LogP contribution in [0.1, 0.15) is 72.6 Å². The summed E-state index contributed by atoms with van der Waals surface area (Å²) in [5.74, 6) is 2.38. The Kier molecular flexibility index (Phi) is 5.14. The van der Waals surface area contributed by atoms with Crippen LogP contribution < -0.4 is 0 Å². The lowest BCUT2D eigenvalue weighted by atomic mass is 9.69. The van der Waals surface area contributed by atoms with Crippen LogP contribution in [0.3, 0.4) is 0 Å². The molecule has 1 atom stereocenters. The van der Waals surface area contributed by atoms with Crippen LogP contribution in [0.2, 0.25) is 0 Å². The maximum atomic E-state index is 12.7. The number of amides is 1. The van der Waals surface area contributed by atoms with Gasteiger partial charge in [-0.15, -0.1) is 0 Å². The van der Waals surface area contributed by atoms with E-state index in [1.165, 1.54) is 32.1 Å². The normalized spacial score (nSPS) is 32.8. The topological polar surface area (TPSA) is 20.3 Å². The third-order valence-electron chi connectivity index (χ3n) is 5.63. The van der Waals surface area contributed by atoms with Crippen molar-refractivity contribution in [3.63, 3.8) is 0 Å². The molecule has 20 heavy (non-hydrogen) atoms. The average molecular weight is 279 g/mol. The van der Waals surface area contributed by atoms with E-state index in [1.54, 1.807) is 0 Å². The Balaban J connectivity index is 1.85. The van der Waals surface area contributed by atoms with Crippen molar-refractivity contribution in [3.8, 4) is 0 Å². The van der Waals surface area contributed by atoms with Gasteiger partial charge in [0.2, 0.25) is 5.91 Å². The SMILES string of the molecule is CC1CCCN(C(=O)C2CCC(C(C)(C)C)CC2)CC1. The number of carbonyl (C=O) groups is 1. The number of hydrogen-bond donors (Lipinski definition) is 0. The molecule has 0 bridgehead atoms. The lowest BCUT2D eigenvalue weighted by molar-refractivity contribution is -0.137. The summed E-state index contributed by atoms with van der Waals surface area (Å²) in [6, 6.07) is 0. The van der Waals surface area contributed by atoms with Gasteiger partial charge < -0.3 is 4.90 Å². The van der Waals surface area contributed by atoms with Gasteiger partial charge in [-0.05, 0) is 62.2 Å². The molecule has 1 heterocycles. The molecule has 2 fully saturated rings. The van der Waals surface area contributed by atoms with Crippen LogP contribution in [-0.2, 0) is 4.79 Å². The third kappa shape index (κ3) is 3.99. The Hall–Kier alpha value is -0.530. The van der Waals surface area contributed by atoms with Crippen LogP contribution in [0.5, 0.6) is 0 Å². The van der Waals surface area contributed by atoms with E-state index in [9.17, 15) is 4.79 Å². The molecule has 0 N–H and O–H groups in total. The van der Waals surface area contributed by atoms with Crippen LogP contribution in [-0.4, -0.2) is 23.9 Å². The summed E-state index contributed by atoms with van der Waals surface area (Å²) < 4.78 is 0. The molecule has 0 spiro atoms. The standard InChI is InChI=1S/C18H33NO/c1-14-6-5-12-19(13-11-14)17(20)15-7-9-16(10-8-15)18(2,3)4/h14-16H,5-13H2,1-4H3. The smallest absolute Gasteiger partial charge is 0.225 e. The second-order valence-electron chi connectivity index (χ2n) is 8.28. The highest BCUT2D eigenvalue weighted by Gasteiger charge is 2.34. The van der Waals surface area contributed by atoms with E-state index in [0.717, 1.165) is 37.8 Å². The van der Waals surface area contributed by atoms with E-state index in [-0.39, 0.29) is 0 Å². The Morgan fingerprint density at radius 1 is 0.950 bits per heavy atom. The molecule has 116 valence electrons. The predicted octanol–water partition coefficient (Wildman–Crippen LogP) is 4.49. The summed E-state index contributed by atoms with van der Waals surface area (Å²) in [5, 5.41) is 0. The Bertz CT molecular complexity index is 323. The molecule has 0 aromatic heterocycles. The molecule has 1 aliphatic carbocycles. The van der Waals surface area contributed by atoms with Gasteiger partial charge in [-0.2, -0.15) is 0 Å². The summed E-state index contributed by atoms with van der Waals surface area (Å²) in [6.07, 6.45) is 8.40. The fraction of sp³-hybridized carbons (Fsp3) is 0.944. The molecule has 1 saturated carbocycles.